The zero-order valence-corrected chi connectivity index (χ0v) is 10.9. The monoisotopic (exact) mass is 283 g/mol. The van der Waals surface area contributed by atoms with E-state index in [1.54, 1.807) is 7.05 Å². The van der Waals surface area contributed by atoms with Gasteiger partial charge in [0, 0.05) is 18.2 Å². The third kappa shape index (κ3) is 3.99. The zero-order valence-electron chi connectivity index (χ0n) is 10.9. The van der Waals surface area contributed by atoms with Gasteiger partial charge < -0.3 is 4.74 Å². The number of benzene rings is 1. The Hall–Kier alpha value is -2.55. The van der Waals surface area contributed by atoms with Crippen LogP contribution in [0.5, 0.6) is 0 Å². The molecule has 1 aromatic rings. The fourth-order valence-electron chi connectivity index (χ4n) is 1.60. The topological polar surface area (TPSA) is 116 Å². The number of nitrogens with zero attached hydrogens (tertiary/aromatic N) is 3. The molecule has 0 unspecified atom stereocenters. The first-order valence-electron chi connectivity index (χ1n) is 5.52. The molecule has 0 aliphatic heterocycles. The summed E-state index contributed by atoms with van der Waals surface area (Å²) < 4.78 is 4.48. The summed E-state index contributed by atoms with van der Waals surface area (Å²) in [6.07, 6.45) is 0. The van der Waals surface area contributed by atoms with Crippen molar-refractivity contribution in [2.75, 3.05) is 20.7 Å². The number of nitro benzene ring substituents is 2. The van der Waals surface area contributed by atoms with Crippen molar-refractivity contribution >= 4 is 17.3 Å². The summed E-state index contributed by atoms with van der Waals surface area (Å²) in [5.41, 5.74) is -0.418. The van der Waals surface area contributed by atoms with E-state index in [0.717, 1.165) is 6.07 Å². The Morgan fingerprint density at radius 2 is 1.95 bits per heavy atom. The first-order valence-corrected chi connectivity index (χ1v) is 5.52. The third-order valence-corrected chi connectivity index (χ3v) is 2.54. The molecule has 0 saturated heterocycles. The minimum absolute atomic E-state index is 0.0371. The molecule has 0 amide bonds. The smallest absolute Gasteiger partial charge is 0.319 e. The highest BCUT2D eigenvalue weighted by atomic mass is 16.6. The maximum absolute atomic E-state index is 11.1. The summed E-state index contributed by atoms with van der Waals surface area (Å²) in [7, 11) is 2.83. The molecule has 0 atom stereocenters. The highest BCUT2D eigenvalue weighted by molar-refractivity contribution is 5.71. The molecule has 1 rings (SSSR count). The molecule has 9 heteroatoms. The second-order valence-corrected chi connectivity index (χ2v) is 4.08. The Balaban J connectivity index is 2.97. The van der Waals surface area contributed by atoms with Crippen LogP contribution in [0.25, 0.3) is 0 Å². The van der Waals surface area contributed by atoms with Crippen LogP contribution >= 0.6 is 0 Å². The number of nitro groups is 2. The van der Waals surface area contributed by atoms with Gasteiger partial charge in [-0.25, -0.2) is 0 Å². The molecule has 0 aliphatic rings. The second-order valence-electron chi connectivity index (χ2n) is 4.08. The van der Waals surface area contributed by atoms with Crippen LogP contribution in [0.15, 0.2) is 18.2 Å². The van der Waals surface area contributed by atoms with Gasteiger partial charge in [-0.3, -0.25) is 29.9 Å². The summed E-state index contributed by atoms with van der Waals surface area (Å²) in [5, 5.41) is 21.5. The number of carbonyl (C=O) groups is 1. The van der Waals surface area contributed by atoms with E-state index in [1.165, 1.54) is 24.1 Å². The van der Waals surface area contributed by atoms with E-state index in [9.17, 15) is 25.0 Å². The predicted octanol–water partition coefficient (Wildman–Crippen LogP) is 1.11. The number of non-ortho nitro benzene ring substituents is 1. The lowest BCUT2D eigenvalue weighted by molar-refractivity contribution is -0.394. The number of likely N-dealkylation sites (N-methyl/N-ethyl adjacent to an activating group) is 1. The standard InChI is InChI=1S/C11H13N3O6/c1-12(7-11(15)20-2)6-8-3-4-9(13(16)17)5-10(8)14(18)19/h3-5H,6-7H2,1-2H3. The third-order valence-electron chi connectivity index (χ3n) is 2.54. The molecule has 0 aliphatic carbocycles. The molecule has 0 aromatic heterocycles. The lowest BCUT2D eigenvalue weighted by Crippen LogP contribution is -2.26. The van der Waals surface area contributed by atoms with Crippen LogP contribution in [0.2, 0.25) is 0 Å². The number of ether oxygens (including phenoxy) is 1. The van der Waals surface area contributed by atoms with Crippen molar-refractivity contribution in [1.82, 2.24) is 4.90 Å². The van der Waals surface area contributed by atoms with Gasteiger partial charge in [0.1, 0.15) is 0 Å². The van der Waals surface area contributed by atoms with E-state index in [2.05, 4.69) is 4.74 Å². The molecule has 108 valence electrons. The van der Waals surface area contributed by atoms with Crippen molar-refractivity contribution in [2.24, 2.45) is 0 Å². The van der Waals surface area contributed by atoms with Crippen LogP contribution in [-0.4, -0.2) is 41.4 Å². The van der Waals surface area contributed by atoms with Crippen LogP contribution in [-0.2, 0) is 16.1 Å². The number of esters is 1. The Bertz CT molecular complexity index is 545. The quantitative estimate of drug-likeness (QED) is 0.436. The molecule has 0 heterocycles. The van der Waals surface area contributed by atoms with Gasteiger partial charge >= 0.3 is 5.97 Å². The molecule has 0 fully saturated rings. The summed E-state index contributed by atoms with van der Waals surface area (Å²) in [4.78, 5) is 32.8. The molecule has 0 saturated carbocycles. The molecule has 9 nitrogen and oxygen atoms in total. The number of rotatable bonds is 6. The number of methoxy groups -OCH3 is 1. The van der Waals surface area contributed by atoms with Crippen LogP contribution in [0.3, 0.4) is 0 Å². The van der Waals surface area contributed by atoms with Crippen molar-refractivity contribution in [3.05, 3.63) is 44.0 Å². The summed E-state index contributed by atoms with van der Waals surface area (Å²) >= 11 is 0. The van der Waals surface area contributed by atoms with Gasteiger partial charge in [0.25, 0.3) is 11.4 Å². The molecular weight excluding hydrogens is 270 g/mol. The fourth-order valence-corrected chi connectivity index (χ4v) is 1.60. The minimum Gasteiger partial charge on any atom is -0.468 e. The molecular formula is C11H13N3O6. The van der Waals surface area contributed by atoms with E-state index >= 15 is 0 Å². The van der Waals surface area contributed by atoms with Gasteiger partial charge in [0.2, 0.25) is 0 Å². The Morgan fingerprint density at radius 3 is 2.45 bits per heavy atom. The average molecular weight is 283 g/mol. The van der Waals surface area contributed by atoms with Crippen molar-refractivity contribution < 1.29 is 19.4 Å². The van der Waals surface area contributed by atoms with E-state index in [1.807, 2.05) is 0 Å². The maximum atomic E-state index is 11.1. The van der Waals surface area contributed by atoms with Crippen LogP contribution in [0, 0.1) is 20.2 Å². The van der Waals surface area contributed by atoms with E-state index in [0.29, 0.717) is 0 Å². The van der Waals surface area contributed by atoms with Gasteiger partial charge in [-0.15, -0.1) is 0 Å². The van der Waals surface area contributed by atoms with Crippen molar-refractivity contribution in [3.8, 4) is 0 Å². The predicted molar refractivity (Wildman–Crippen MR) is 68.1 cm³/mol. The van der Waals surface area contributed by atoms with Crippen molar-refractivity contribution in [1.29, 1.82) is 0 Å². The Kier molecular flexibility index (Phi) is 5.09. The molecule has 0 N–H and O–H groups in total. The fraction of sp³-hybridized carbons (Fsp3) is 0.364. The lowest BCUT2D eigenvalue weighted by Gasteiger charge is -2.14. The van der Waals surface area contributed by atoms with Gasteiger partial charge in [-0.2, -0.15) is 0 Å². The Morgan fingerprint density at radius 1 is 1.30 bits per heavy atom. The highest BCUT2D eigenvalue weighted by Gasteiger charge is 2.20. The van der Waals surface area contributed by atoms with Gasteiger partial charge in [-0.05, 0) is 13.1 Å². The van der Waals surface area contributed by atoms with Gasteiger partial charge in [-0.1, -0.05) is 0 Å². The SMILES string of the molecule is COC(=O)CN(C)Cc1ccc([N+](=O)[O-])cc1[N+](=O)[O-]. The lowest BCUT2D eigenvalue weighted by atomic mass is 10.1. The van der Waals surface area contributed by atoms with Gasteiger partial charge in [0.15, 0.2) is 0 Å². The van der Waals surface area contributed by atoms with E-state index in [4.69, 9.17) is 0 Å². The highest BCUT2D eigenvalue weighted by Crippen LogP contribution is 2.25. The molecule has 0 spiro atoms. The minimum atomic E-state index is -0.699. The van der Waals surface area contributed by atoms with Crippen molar-refractivity contribution in [2.45, 2.75) is 6.54 Å². The summed E-state index contributed by atoms with van der Waals surface area (Å²) in [6, 6.07) is 3.40. The van der Waals surface area contributed by atoms with Crippen LogP contribution in [0.1, 0.15) is 5.56 Å². The average Bonchev–Trinajstić information content (AvgIpc) is 2.38. The number of hydrogen-bond acceptors (Lipinski definition) is 7. The van der Waals surface area contributed by atoms with E-state index in [-0.39, 0.29) is 30.0 Å². The largest absolute Gasteiger partial charge is 0.468 e. The van der Waals surface area contributed by atoms with Crippen LogP contribution in [0.4, 0.5) is 11.4 Å². The number of hydrogen-bond donors (Lipinski definition) is 0. The Labute approximate surface area is 114 Å². The van der Waals surface area contributed by atoms with Crippen LogP contribution < -0.4 is 0 Å². The zero-order chi connectivity index (χ0) is 15.3. The summed E-state index contributed by atoms with van der Waals surface area (Å²) in [5.74, 6) is -0.475. The first kappa shape index (κ1) is 15.5. The molecule has 1 aromatic carbocycles. The molecule has 0 bridgehead atoms. The molecule has 0 radical (unpaired) electrons. The summed E-state index contributed by atoms with van der Waals surface area (Å²) in [6.45, 7) is 0.0635. The number of carbonyl (C=O) groups excluding carboxylic acids is 1. The van der Waals surface area contributed by atoms with E-state index < -0.39 is 15.8 Å². The maximum Gasteiger partial charge on any atom is 0.319 e. The van der Waals surface area contributed by atoms with Crippen molar-refractivity contribution in [3.63, 3.8) is 0 Å². The second kappa shape index (κ2) is 6.57. The van der Waals surface area contributed by atoms with Gasteiger partial charge in [0.05, 0.1) is 29.6 Å². The normalized spacial score (nSPS) is 10.3. The molecule has 20 heavy (non-hydrogen) atoms. The first-order chi connectivity index (χ1) is 9.35.